The minimum absolute atomic E-state index is 0.159. The highest BCUT2D eigenvalue weighted by atomic mass is 35.5. The van der Waals surface area contributed by atoms with E-state index in [4.69, 9.17) is 25.8 Å². The summed E-state index contributed by atoms with van der Waals surface area (Å²) < 4.78 is 16.8. The lowest BCUT2D eigenvalue weighted by Gasteiger charge is -2.34. The van der Waals surface area contributed by atoms with Crippen molar-refractivity contribution in [3.8, 4) is 17.2 Å². The van der Waals surface area contributed by atoms with Crippen LogP contribution in [0.5, 0.6) is 17.2 Å². The Morgan fingerprint density at radius 2 is 1.70 bits per heavy atom. The van der Waals surface area contributed by atoms with E-state index in [1.165, 1.54) is 11.1 Å². The molecule has 0 aromatic heterocycles. The number of hydrogen-bond acceptors (Lipinski definition) is 6. The molecule has 2 heterocycles. The van der Waals surface area contributed by atoms with Crippen molar-refractivity contribution < 1.29 is 19.0 Å². The minimum atomic E-state index is 0.159. The number of benzene rings is 2. The highest BCUT2D eigenvalue weighted by molar-refractivity contribution is 6.31. The number of methoxy groups -OCH3 is 2. The van der Waals surface area contributed by atoms with Crippen LogP contribution in [0.3, 0.4) is 0 Å². The van der Waals surface area contributed by atoms with Gasteiger partial charge in [0.1, 0.15) is 12.4 Å². The third kappa shape index (κ3) is 5.72. The highest BCUT2D eigenvalue weighted by Crippen LogP contribution is 2.34. The Morgan fingerprint density at radius 1 is 0.970 bits per heavy atom. The maximum absolute atomic E-state index is 11.6. The molecule has 2 aliphatic rings. The number of piperazine rings is 1. The summed E-state index contributed by atoms with van der Waals surface area (Å²) in [6.07, 6.45) is 0. The van der Waals surface area contributed by atoms with Gasteiger partial charge < -0.3 is 19.1 Å². The largest absolute Gasteiger partial charge is 0.493 e. The summed E-state index contributed by atoms with van der Waals surface area (Å²) in [6.45, 7) is 8.82. The fraction of sp³-hybridized carbons (Fsp3) is 0.480. The van der Waals surface area contributed by atoms with Crippen LogP contribution in [0.1, 0.15) is 23.6 Å². The maximum atomic E-state index is 11.6. The van der Waals surface area contributed by atoms with Crippen LogP contribution in [-0.4, -0.2) is 74.2 Å². The summed E-state index contributed by atoms with van der Waals surface area (Å²) in [4.78, 5) is 18.2. The molecular formula is C25H32ClN3O4. The quantitative estimate of drug-likeness (QED) is 0.641. The molecule has 0 saturated carbocycles. The van der Waals surface area contributed by atoms with Gasteiger partial charge >= 0.3 is 0 Å². The van der Waals surface area contributed by atoms with Crippen LogP contribution >= 0.6 is 11.6 Å². The average Bonchev–Trinajstić information content (AvgIpc) is 3.01. The molecule has 8 heteroatoms. The number of rotatable bonds is 6. The Balaban J connectivity index is 1.44. The first kappa shape index (κ1) is 23.7. The van der Waals surface area contributed by atoms with Crippen LogP contribution in [0.15, 0.2) is 30.3 Å². The van der Waals surface area contributed by atoms with Crippen molar-refractivity contribution in [3.63, 3.8) is 0 Å². The van der Waals surface area contributed by atoms with Crippen LogP contribution in [-0.2, 0) is 24.4 Å². The maximum Gasteiger partial charge on any atom is 0.219 e. The van der Waals surface area contributed by atoms with E-state index in [1.807, 2.05) is 17.0 Å². The van der Waals surface area contributed by atoms with E-state index in [9.17, 15) is 4.79 Å². The summed E-state index contributed by atoms with van der Waals surface area (Å²) in [5.74, 6) is 2.41. The van der Waals surface area contributed by atoms with Gasteiger partial charge in [0.2, 0.25) is 5.91 Å². The molecule has 2 aromatic rings. The highest BCUT2D eigenvalue weighted by Gasteiger charge is 2.21. The van der Waals surface area contributed by atoms with Gasteiger partial charge in [0, 0.05) is 75.9 Å². The van der Waals surface area contributed by atoms with Gasteiger partial charge in [-0.05, 0) is 29.3 Å². The van der Waals surface area contributed by atoms with Crippen molar-refractivity contribution in [3.05, 3.63) is 52.0 Å². The standard InChI is InChI=1S/C25H32ClN3O4/c1-18(30)29-8-6-27(7-9-29)15-19-4-5-23-21(12-19)17-28(10-11-33-23)16-20-13-24(31-2)25(32-3)14-22(20)26/h4-5,12-14H,6-11,15-17H2,1-3H3. The fourth-order valence-corrected chi connectivity index (χ4v) is 4.69. The number of amides is 1. The number of nitrogens with zero attached hydrogens (tertiary/aromatic N) is 3. The minimum Gasteiger partial charge on any atom is -0.493 e. The van der Waals surface area contributed by atoms with Gasteiger partial charge in [-0.2, -0.15) is 0 Å². The first-order valence-corrected chi connectivity index (χ1v) is 11.7. The van der Waals surface area contributed by atoms with Crippen molar-refractivity contribution in [1.82, 2.24) is 14.7 Å². The molecule has 0 N–H and O–H groups in total. The number of carbonyl (C=O) groups excluding carboxylic acids is 1. The fourth-order valence-electron chi connectivity index (χ4n) is 4.47. The molecule has 0 spiro atoms. The number of carbonyl (C=O) groups is 1. The Bertz CT molecular complexity index is 992. The number of halogens is 1. The Hall–Kier alpha value is -2.48. The van der Waals surface area contributed by atoms with Crippen LogP contribution < -0.4 is 14.2 Å². The van der Waals surface area contributed by atoms with Gasteiger partial charge in [0.25, 0.3) is 0 Å². The van der Waals surface area contributed by atoms with Crippen molar-refractivity contribution in [2.75, 3.05) is 53.6 Å². The van der Waals surface area contributed by atoms with Crippen LogP contribution in [0.25, 0.3) is 0 Å². The summed E-state index contributed by atoms with van der Waals surface area (Å²) in [6, 6.07) is 10.2. The lowest BCUT2D eigenvalue weighted by Crippen LogP contribution is -2.47. The molecule has 0 radical (unpaired) electrons. The van der Waals surface area contributed by atoms with Crippen molar-refractivity contribution in [2.45, 2.75) is 26.6 Å². The predicted octanol–water partition coefficient (Wildman–Crippen LogP) is 3.42. The molecular weight excluding hydrogens is 442 g/mol. The van der Waals surface area contributed by atoms with E-state index in [1.54, 1.807) is 21.1 Å². The Kier molecular flexibility index (Phi) is 7.63. The molecule has 1 saturated heterocycles. The first-order valence-electron chi connectivity index (χ1n) is 11.3. The van der Waals surface area contributed by atoms with E-state index in [0.717, 1.165) is 57.1 Å². The van der Waals surface area contributed by atoms with E-state index >= 15 is 0 Å². The molecule has 0 bridgehead atoms. The number of hydrogen-bond donors (Lipinski definition) is 0. The van der Waals surface area contributed by atoms with Gasteiger partial charge in [-0.25, -0.2) is 0 Å². The second-order valence-corrected chi connectivity index (χ2v) is 8.99. The van der Waals surface area contributed by atoms with E-state index in [2.05, 4.69) is 28.0 Å². The monoisotopic (exact) mass is 473 g/mol. The van der Waals surface area contributed by atoms with Crippen LogP contribution in [0.4, 0.5) is 0 Å². The Labute approximate surface area is 200 Å². The molecule has 33 heavy (non-hydrogen) atoms. The molecule has 0 aliphatic carbocycles. The first-order chi connectivity index (χ1) is 16.0. The zero-order chi connectivity index (χ0) is 23.4. The third-order valence-electron chi connectivity index (χ3n) is 6.35. The van der Waals surface area contributed by atoms with Gasteiger partial charge in [0.15, 0.2) is 11.5 Å². The molecule has 1 amide bonds. The molecule has 4 rings (SSSR count). The van der Waals surface area contributed by atoms with Crippen molar-refractivity contribution in [1.29, 1.82) is 0 Å². The molecule has 7 nitrogen and oxygen atoms in total. The van der Waals surface area contributed by atoms with Gasteiger partial charge in [-0.3, -0.25) is 14.6 Å². The summed E-state index contributed by atoms with van der Waals surface area (Å²) in [5.41, 5.74) is 3.45. The SMILES string of the molecule is COc1cc(Cl)c(CN2CCOc3ccc(CN4CCN(C(C)=O)CC4)cc3C2)cc1OC. The lowest BCUT2D eigenvalue weighted by molar-refractivity contribution is -0.130. The van der Waals surface area contributed by atoms with Gasteiger partial charge in [-0.15, -0.1) is 0 Å². The normalized spacial score (nSPS) is 17.2. The molecule has 2 aliphatic heterocycles. The predicted molar refractivity (Wildman–Crippen MR) is 128 cm³/mol. The van der Waals surface area contributed by atoms with Crippen molar-refractivity contribution in [2.24, 2.45) is 0 Å². The smallest absolute Gasteiger partial charge is 0.219 e. The molecule has 0 atom stereocenters. The van der Waals surface area contributed by atoms with E-state index in [-0.39, 0.29) is 5.91 Å². The lowest BCUT2D eigenvalue weighted by atomic mass is 10.1. The zero-order valence-electron chi connectivity index (χ0n) is 19.6. The topological polar surface area (TPSA) is 54.5 Å². The van der Waals surface area contributed by atoms with E-state index < -0.39 is 0 Å². The van der Waals surface area contributed by atoms with Gasteiger partial charge in [-0.1, -0.05) is 17.7 Å². The van der Waals surface area contributed by atoms with Gasteiger partial charge in [0.05, 0.1) is 14.2 Å². The second-order valence-electron chi connectivity index (χ2n) is 8.58. The zero-order valence-corrected chi connectivity index (χ0v) is 20.4. The second kappa shape index (κ2) is 10.6. The molecule has 1 fully saturated rings. The van der Waals surface area contributed by atoms with Crippen LogP contribution in [0, 0.1) is 0 Å². The Morgan fingerprint density at radius 3 is 2.39 bits per heavy atom. The number of fused-ring (bicyclic) bond motifs is 1. The molecule has 0 unspecified atom stereocenters. The third-order valence-corrected chi connectivity index (χ3v) is 6.71. The summed E-state index contributed by atoms with van der Waals surface area (Å²) in [7, 11) is 3.24. The van der Waals surface area contributed by atoms with Crippen molar-refractivity contribution >= 4 is 17.5 Å². The molecule has 2 aromatic carbocycles. The average molecular weight is 474 g/mol. The molecule has 178 valence electrons. The number of ether oxygens (including phenoxy) is 3. The van der Waals surface area contributed by atoms with E-state index in [0.29, 0.717) is 29.7 Å². The summed E-state index contributed by atoms with van der Waals surface area (Å²) >= 11 is 6.54. The summed E-state index contributed by atoms with van der Waals surface area (Å²) in [5, 5.41) is 0.663. The van der Waals surface area contributed by atoms with Crippen LogP contribution in [0.2, 0.25) is 5.02 Å².